The van der Waals surface area contributed by atoms with Crippen LogP contribution >= 0.6 is 0 Å². The van der Waals surface area contributed by atoms with Crippen molar-refractivity contribution in [1.29, 1.82) is 0 Å². The molecule has 28 heavy (non-hydrogen) atoms. The maximum atomic E-state index is 13.1. The van der Waals surface area contributed by atoms with Crippen molar-refractivity contribution < 1.29 is 14.3 Å². The van der Waals surface area contributed by atoms with Gasteiger partial charge in [-0.15, -0.1) is 0 Å². The summed E-state index contributed by atoms with van der Waals surface area (Å²) in [5, 5.41) is 11.6. The van der Waals surface area contributed by atoms with Gasteiger partial charge in [0.15, 0.2) is 6.10 Å². The minimum Gasteiger partial charge on any atom is -0.365 e. The zero-order valence-electron chi connectivity index (χ0n) is 17.2. The Morgan fingerprint density at radius 3 is 2.54 bits per heavy atom. The Morgan fingerprint density at radius 2 is 1.93 bits per heavy atom. The number of amides is 2. The molecule has 1 unspecified atom stereocenters. The summed E-state index contributed by atoms with van der Waals surface area (Å²) in [5.74, 6) is -0.375. The molecule has 0 saturated carbocycles. The molecule has 2 aromatic heterocycles. The summed E-state index contributed by atoms with van der Waals surface area (Å²) in [5.41, 5.74) is 3.58. The van der Waals surface area contributed by atoms with Crippen LogP contribution in [0.1, 0.15) is 41.3 Å². The highest BCUT2D eigenvalue weighted by atomic mass is 16.5. The molecule has 1 aliphatic heterocycles. The normalized spacial score (nSPS) is 17.0. The van der Waals surface area contributed by atoms with Gasteiger partial charge in [0.05, 0.1) is 35.8 Å². The summed E-state index contributed by atoms with van der Waals surface area (Å²) < 4.78 is 9.22. The number of aryl methyl sites for hydroxylation is 4. The summed E-state index contributed by atoms with van der Waals surface area (Å²) in [6.07, 6.45) is 1.08. The zero-order valence-corrected chi connectivity index (χ0v) is 17.2. The molecule has 9 heteroatoms. The molecule has 0 aromatic carbocycles. The lowest BCUT2D eigenvalue weighted by atomic mass is 10.1. The molecule has 152 valence electrons. The van der Waals surface area contributed by atoms with Crippen LogP contribution in [0, 0.1) is 20.8 Å². The van der Waals surface area contributed by atoms with Gasteiger partial charge < -0.3 is 15.0 Å². The molecule has 0 bridgehead atoms. The van der Waals surface area contributed by atoms with Gasteiger partial charge in [-0.05, 0) is 34.6 Å². The van der Waals surface area contributed by atoms with Crippen molar-refractivity contribution in [2.75, 3.05) is 25.0 Å². The van der Waals surface area contributed by atoms with Crippen LogP contribution in [0.15, 0.2) is 6.20 Å². The van der Waals surface area contributed by atoms with E-state index in [4.69, 9.17) is 4.74 Å². The first kappa shape index (κ1) is 20.1. The molecule has 0 radical (unpaired) electrons. The Hall–Kier alpha value is -2.68. The molecule has 2 aromatic rings. The fourth-order valence-electron chi connectivity index (χ4n) is 3.48. The quantitative estimate of drug-likeness (QED) is 0.838. The van der Waals surface area contributed by atoms with Crippen LogP contribution in [0.25, 0.3) is 0 Å². The smallest absolute Gasteiger partial charge is 0.257 e. The van der Waals surface area contributed by atoms with Crippen molar-refractivity contribution in [2.24, 2.45) is 0 Å². The second kappa shape index (κ2) is 8.14. The van der Waals surface area contributed by atoms with Gasteiger partial charge in [0.2, 0.25) is 0 Å². The van der Waals surface area contributed by atoms with Crippen molar-refractivity contribution in [3.63, 3.8) is 0 Å². The molecule has 1 fully saturated rings. The molecule has 1 saturated heterocycles. The Balaban J connectivity index is 1.71. The summed E-state index contributed by atoms with van der Waals surface area (Å²) in [6, 6.07) is 0. The lowest BCUT2D eigenvalue weighted by Gasteiger charge is -2.32. The molecule has 0 spiro atoms. The van der Waals surface area contributed by atoms with E-state index in [-0.39, 0.29) is 18.4 Å². The topological polar surface area (TPSA) is 94.3 Å². The van der Waals surface area contributed by atoms with E-state index in [1.807, 2.05) is 39.3 Å². The minimum absolute atomic E-state index is 0.106. The number of carbonyl (C=O) groups excluding carboxylic acids is 2. The number of nitrogens with zero attached hydrogens (tertiary/aromatic N) is 5. The van der Waals surface area contributed by atoms with Crippen LogP contribution in [0.4, 0.5) is 5.69 Å². The molecule has 3 rings (SSSR count). The first-order chi connectivity index (χ1) is 13.3. The lowest BCUT2D eigenvalue weighted by molar-refractivity contribution is -0.131. The Kier molecular flexibility index (Phi) is 5.83. The van der Waals surface area contributed by atoms with E-state index in [2.05, 4.69) is 15.5 Å². The van der Waals surface area contributed by atoms with Gasteiger partial charge in [0.1, 0.15) is 0 Å². The highest BCUT2D eigenvalue weighted by Gasteiger charge is 2.32. The third kappa shape index (κ3) is 3.80. The van der Waals surface area contributed by atoms with Crippen LogP contribution in [0.2, 0.25) is 0 Å². The van der Waals surface area contributed by atoms with E-state index in [1.54, 1.807) is 15.8 Å². The van der Waals surface area contributed by atoms with Gasteiger partial charge in [0, 0.05) is 31.5 Å². The SMILES string of the molecule is CCn1cc(NC(=O)C2CN(C(=O)c3c(C)nn(CC)c3C)CCO2)c(C)n1. The summed E-state index contributed by atoms with van der Waals surface area (Å²) in [6.45, 7) is 12.0. The highest BCUT2D eigenvalue weighted by Crippen LogP contribution is 2.19. The van der Waals surface area contributed by atoms with Crippen LogP contribution in [0.3, 0.4) is 0 Å². The molecule has 9 nitrogen and oxygen atoms in total. The van der Waals surface area contributed by atoms with Crippen molar-refractivity contribution in [2.45, 2.75) is 53.8 Å². The number of carbonyl (C=O) groups is 2. The van der Waals surface area contributed by atoms with Gasteiger partial charge >= 0.3 is 0 Å². The second-order valence-electron chi connectivity index (χ2n) is 6.95. The maximum absolute atomic E-state index is 13.1. The Morgan fingerprint density at radius 1 is 1.18 bits per heavy atom. The van der Waals surface area contributed by atoms with Crippen molar-refractivity contribution >= 4 is 17.5 Å². The maximum Gasteiger partial charge on any atom is 0.257 e. The average Bonchev–Trinajstić information content (AvgIpc) is 3.19. The van der Waals surface area contributed by atoms with Gasteiger partial charge in [-0.2, -0.15) is 10.2 Å². The minimum atomic E-state index is -0.719. The summed E-state index contributed by atoms with van der Waals surface area (Å²) in [4.78, 5) is 27.4. The monoisotopic (exact) mass is 388 g/mol. The fourth-order valence-corrected chi connectivity index (χ4v) is 3.48. The highest BCUT2D eigenvalue weighted by molar-refractivity contribution is 5.98. The largest absolute Gasteiger partial charge is 0.365 e. The number of anilines is 1. The lowest BCUT2D eigenvalue weighted by Crippen LogP contribution is -2.50. The third-order valence-electron chi connectivity index (χ3n) is 5.07. The van der Waals surface area contributed by atoms with E-state index in [9.17, 15) is 9.59 Å². The Bertz CT molecular complexity index is 885. The molecule has 1 N–H and O–H groups in total. The average molecular weight is 388 g/mol. The van der Waals surface area contributed by atoms with Crippen molar-refractivity contribution in [3.05, 3.63) is 28.8 Å². The first-order valence-corrected chi connectivity index (χ1v) is 9.65. The van der Waals surface area contributed by atoms with E-state index in [0.717, 1.165) is 17.9 Å². The summed E-state index contributed by atoms with van der Waals surface area (Å²) in [7, 11) is 0. The molecule has 1 atom stereocenters. The van der Waals surface area contributed by atoms with Crippen LogP contribution < -0.4 is 5.32 Å². The second-order valence-corrected chi connectivity index (χ2v) is 6.95. The number of morpholine rings is 1. The number of ether oxygens (including phenoxy) is 1. The molecule has 3 heterocycles. The Labute approximate surface area is 164 Å². The van der Waals surface area contributed by atoms with Crippen LogP contribution in [-0.2, 0) is 22.6 Å². The molecule has 0 aliphatic carbocycles. The summed E-state index contributed by atoms with van der Waals surface area (Å²) >= 11 is 0. The predicted molar refractivity (Wildman–Crippen MR) is 104 cm³/mol. The predicted octanol–water partition coefficient (Wildman–Crippen LogP) is 1.52. The van der Waals surface area contributed by atoms with E-state index >= 15 is 0 Å². The molecular formula is C19H28N6O3. The van der Waals surface area contributed by atoms with Gasteiger partial charge in [-0.25, -0.2) is 0 Å². The van der Waals surface area contributed by atoms with Crippen LogP contribution in [0.5, 0.6) is 0 Å². The fraction of sp³-hybridized carbons (Fsp3) is 0.579. The first-order valence-electron chi connectivity index (χ1n) is 9.65. The van der Waals surface area contributed by atoms with Gasteiger partial charge in [0.25, 0.3) is 11.8 Å². The van der Waals surface area contributed by atoms with E-state index < -0.39 is 6.10 Å². The standard InChI is InChI=1S/C19H28N6O3/c1-6-24-10-15(12(3)21-24)20-18(26)16-11-23(8-9-28-16)19(27)17-13(4)22-25(7-2)14(17)5/h10,16H,6-9,11H2,1-5H3,(H,20,26). The number of hydrogen-bond acceptors (Lipinski definition) is 5. The van der Waals surface area contributed by atoms with Crippen LogP contribution in [-0.4, -0.2) is 62.1 Å². The number of hydrogen-bond donors (Lipinski definition) is 1. The van der Waals surface area contributed by atoms with Crippen molar-refractivity contribution in [3.8, 4) is 0 Å². The number of aromatic nitrogens is 4. The third-order valence-corrected chi connectivity index (χ3v) is 5.07. The number of rotatable bonds is 5. The van der Waals surface area contributed by atoms with E-state index in [1.165, 1.54) is 0 Å². The number of nitrogens with one attached hydrogen (secondary N) is 1. The molecule has 2 amide bonds. The van der Waals surface area contributed by atoms with Gasteiger partial charge in [-0.3, -0.25) is 19.0 Å². The molecular weight excluding hydrogens is 360 g/mol. The molecule has 1 aliphatic rings. The van der Waals surface area contributed by atoms with Gasteiger partial charge in [-0.1, -0.05) is 0 Å². The van der Waals surface area contributed by atoms with Crippen molar-refractivity contribution in [1.82, 2.24) is 24.5 Å². The zero-order chi connectivity index (χ0) is 20.4. The van der Waals surface area contributed by atoms with E-state index in [0.29, 0.717) is 36.6 Å².